The van der Waals surface area contributed by atoms with Crippen LogP contribution in [0.4, 0.5) is 4.79 Å². The fourth-order valence-electron chi connectivity index (χ4n) is 2.78. The van der Waals surface area contributed by atoms with Gasteiger partial charge in [0.15, 0.2) is 8.32 Å². The summed E-state index contributed by atoms with van der Waals surface area (Å²) >= 11 is 0. The molecule has 2 atom stereocenters. The number of ether oxygens (including phenoxy) is 2. The molecule has 1 aliphatic rings. The van der Waals surface area contributed by atoms with E-state index >= 15 is 0 Å². The normalized spacial score (nSPS) is 21.8. The molecule has 0 bridgehead atoms. The molecule has 0 aliphatic carbocycles. The standard InChI is InChI=1S/C19H38N2O5Si/c1-18(2,3)25-17(23)20-10-11-21-13-14(12-15(21)16(22)24-7)26-27(8,9)19(4,5)6/h14-15H,10-13H2,1-9H3,(H,20,23)/t14-,15+/m1/s1. The third-order valence-corrected chi connectivity index (χ3v) is 9.71. The third-order valence-electron chi connectivity index (χ3n) is 5.17. The van der Waals surface area contributed by atoms with Gasteiger partial charge in [-0.2, -0.15) is 0 Å². The summed E-state index contributed by atoms with van der Waals surface area (Å²) in [5, 5.41) is 2.85. The molecule has 1 N–H and O–H groups in total. The van der Waals surface area contributed by atoms with E-state index in [9.17, 15) is 9.59 Å². The number of esters is 1. The molecule has 1 heterocycles. The zero-order chi connectivity index (χ0) is 21.0. The second-order valence-corrected chi connectivity index (χ2v) is 14.5. The van der Waals surface area contributed by atoms with Crippen LogP contribution in [0.3, 0.4) is 0 Å². The second kappa shape index (κ2) is 8.92. The first-order valence-electron chi connectivity index (χ1n) is 9.63. The molecule has 27 heavy (non-hydrogen) atoms. The minimum atomic E-state index is -1.92. The highest BCUT2D eigenvalue weighted by Crippen LogP contribution is 2.38. The van der Waals surface area contributed by atoms with Crippen molar-refractivity contribution in [2.75, 3.05) is 26.7 Å². The van der Waals surface area contributed by atoms with Gasteiger partial charge in [0.05, 0.1) is 13.2 Å². The summed E-state index contributed by atoms with van der Waals surface area (Å²) in [6.45, 7) is 18.1. The van der Waals surface area contributed by atoms with E-state index in [0.29, 0.717) is 26.1 Å². The molecule has 0 spiro atoms. The topological polar surface area (TPSA) is 77.1 Å². The van der Waals surface area contributed by atoms with Gasteiger partial charge in [-0.1, -0.05) is 20.8 Å². The number of carbonyl (C=O) groups is 2. The summed E-state index contributed by atoms with van der Waals surface area (Å²) in [6.07, 6.45) is 0.160. The van der Waals surface area contributed by atoms with Crippen LogP contribution < -0.4 is 5.32 Å². The lowest BCUT2D eigenvalue weighted by molar-refractivity contribution is -0.145. The number of carbonyl (C=O) groups excluding carboxylic acids is 2. The van der Waals surface area contributed by atoms with E-state index in [4.69, 9.17) is 13.9 Å². The van der Waals surface area contributed by atoms with E-state index in [1.54, 1.807) is 0 Å². The van der Waals surface area contributed by atoms with Crippen LogP contribution in [0.5, 0.6) is 0 Å². The van der Waals surface area contributed by atoms with E-state index < -0.39 is 20.0 Å². The highest BCUT2D eigenvalue weighted by molar-refractivity contribution is 6.74. The maximum atomic E-state index is 12.2. The molecule has 0 aromatic carbocycles. The van der Waals surface area contributed by atoms with Crippen LogP contribution in [-0.4, -0.2) is 69.8 Å². The lowest BCUT2D eigenvalue weighted by Gasteiger charge is -2.38. The maximum Gasteiger partial charge on any atom is 0.407 e. The molecule has 1 saturated heterocycles. The molecule has 8 heteroatoms. The third kappa shape index (κ3) is 7.42. The maximum absolute atomic E-state index is 12.2. The summed E-state index contributed by atoms with van der Waals surface area (Å²) < 4.78 is 16.7. The average molecular weight is 403 g/mol. The molecule has 0 radical (unpaired) electrons. The summed E-state index contributed by atoms with van der Waals surface area (Å²) in [5.41, 5.74) is -0.533. The van der Waals surface area contributed by atoms with Crippen molar-refractivity contribution in [3.8, 4) is 0 Å². The number of nitrogens with one attached hydrogen (secondary N) is 1. The molecule has 0 saturated carbocycles. The summed E-state index contributed by atoms with van der Waals surface area (Å²) in [7, 11) is -0.514. The van der Waals surface area contributed by atoms with Gasteiger partial charge in [-0.15, -0.1) is 0 Å². The minimum Gasteiger partial charge on any atom is -0.468 e. The summed E-state index contributed by atoms with van der Waals surface area (Å²) in [4.78, 5) is 26.0. The highest BCUT2D eigenvalue weighted by atomic mass is 28.4. The number of hydrogen-bond acceptors (Lipinski definition) is 6. The van der Waals surface area contributed by atoms with Crippen LogP contribution in [0.1, 0.15) is 48.0 Å². The van der Waals surface area contributed by atoms with E-state index in [1.165, 1.54) is 7.11 Å². The Morgan fingerprint density at radius 2 is 1.74 bits per heavy atom. The lowest BCUT2D eigenvalue weighted by atomic mass is 10.2. The lowest BCUT2D eigenvalue weighted by Crippen LogP contribution is -2.45. The van der Waals surface area contributed by atoms with Crippen LogP contribution in [0.15, 0.2) is 0 Å². The van der Waals surface area contributed by atoms with Gasteiger partial charge in [0.25, 0.3) is 0 Å². The van der Waals surface area contributed by atoms with Crippen molar-refractivity contribution in [1.29, 1.82) is 0 Å². The first kappa shape index (κ1) is 23.9. The number of alkyl carbamates (subject to hydrolysis) is 1. The molecule has 1 aliphatic heterocycles. The number of nitrogens with zero attached hydrogens (tertiary/aromatic N) is 1. The van der Waals surface area contributed by atoms with Gasteiger partial charge >= 0.3 is 12.1 Å². The van der Waals surface area contributed by atoms with Gasteiger partial charge < -0.3 is 19.2 Å². The van der Waals surface area contributed by atoms with E-state index in [1.807, 2.05) is 25.7 Å². The quantitative estimate of drug-likeness (QED) is 0.543. The van der Waals surface area contributed by atoms with Gasteiger partial charge in [-0.3, -0.25) is 9.69 Å². The van der Waals surface area contributed by atoms with E-state index in [-0.39, 0.29) is 23.2 Å². The largest absolute Gasteiger partial charge is 0.468 e. The van der Waals surface area contributed by atoms with Crippen molar-refractivity contribution >= 4 is 20.4 Å². The number of likely N-dealkylation sites (tertiary alicyclic amines) is 1. The molecule has 7 nitrogen and oxygen atoms in total. The Morgan fingerprint density at radius 3 is 2.22 bits per heavy atom. The average Bonchev–Trinajstić information content (AvgIpc) is 2.85. The van der Waals surface area contributed by atoms with Crippen molar-refractivity contribution < 1.29 is 23.5 Å². The summed E-state index contributed by atoms with van der Waals surface area (Å²) in [6, 6.07) is -0.342. The van der Waals surface area contributed by atoms with Crippen molar-refractivity contribution in [2.24, 2.45) is 0 Å². The first-order valence-corrected chi connectivity index (χ1v) is 12.5. The Balaban J connectivity index is 2.66. The van der Waals surface area contributed by atoms with Gasteiger partial charge in [0.2, 0.25) is 0 Å². The van der Waals surface area contributed by atoms with Crippen LogP contribution >= 0.6 is 0 Å². The van der Waals surface area contributed by atoms with Gasteiger partial charge in [-0.05, 0) is 45.3 Å². The first-order chi connectivity index (χ1) is 12.2. The van der Waals surface area contributed by atoms with Crippen LogP contribution in [-0.2, 0) is 18.7 Å². The zero-order valence-corrected chi connectivity index (χ0v) is 19.5. The second-order valence-electron chi connectivity index (χ2n) is 9.70. The van der Waals surface area contributed by atoms with Crippen molar-refractivity contribution in [3.63, 3.8) is 0 Å². The fraction of sp³-hybridized carbons (Fsp3) is 0.895. The highest BCUT2D eigenvalue weighted by Gasteiger charge is 2.44. The molecular formula is C19H38N2O5Si. The Hall–Kier alpha value is -1.12. The predicted octanol–water partition coefficient (Wildman–Crippen LogP) is 3.15. The number of methoxy groups -OCH3 is 1. The molecule has 1 amide bonds. The predicted molar refractivity (Wildman–Crippen MR) is 108 cm³/mol. The molecule has 1 rings (SSSR count). The van der Waals surface area contributed by atoms with Crippen molar-refractivity contribution in [3.05, 3.63) is 0 Å². The van der Waals surface area contributed by atoms with Crippen LogP contribution in [0, 0.1) is 0 Å². The van der Waals surface area contributed by atoms with Crippen LogP contribution in [0.2, 0.25) is 18.1 Å². The smallest absolute Gasteiger partial charge is 0.407 e. The minimum absolute atomic E-state index is 0.00322. The number of rotatable bonds is 6. The Bertz CT molecular complexity index is 525. The molecule has 158 valence electrons. The fourth-order valence-corrected chi connectivity index (χ4v) is 4.14. The molecule has 1 fully saturated rings. The molecular weight excluding hydrogens is 364 g/mol. The van der Waals surface area contributed by atoms with Gasteiger partial charge in [-0.25, -0.2) is 4.79 Å². The van der Waals surface area contributed by atoms with Crippen LogP contribution in [0.25, 0.3) is 0 Å². The molecule has 0 unspecified atom stereocenters. The number of hydrogen-bond donors (Lipinski definition) is 1. The van der Waals surface area contributed by atoms with Crippen molar-refractivity contribution in [2.45, 2.75) is 83.8 Å². The SMILES string of the molecule is COC(=O)[C@@H]1C[C@@H](O[Si](C)(C)C(C)(C)C)CN1CCNC(=O)OC(C)(C)C. The van der Waals surface area contributed by atoms with E-state index in [0.717, 1.165) is 0 Å². The Labute approximate surface area is 165 Å². The zero-order valence-electron chi connectivity index (χ0n) is 18.5. The Kier molecular flexibility index (Phi) is 7.90. The molecule has 0 aromatic rings. The van der Waals surface area contributed by atoms with E-state index in [2.05, 4.69) is 39.2 Å². The molecule has 0 aromatic heterocycles. The number of amides is 1. The van der Waals surface area contributed by atoms with Gasteiger partial charge in [0, 0.05) is 19.6 Å². The van der Waals surface area contributed by atoms with Gasteiger partial charge in [0.1, 0.15) is 11.6 Å². The Morgan fingerprint density at radius 1 is 1.15 bits per heavy atom. The summed E-state index contributed by atoms with van der Waals surface area (Å²) in [5.74, 6) is -0.256. The van der Waals surface area contributed by atoms with Crippen molar-refractivity contribution in [1.82, 2.24) is 10.2 Å². The monoisotopic (exact) mass is 402 g/mol.